The molecule has 0 aliphatic carbocycles. The number of halogens is 3. The largest absolute Gasteiger partial charge is 0.384 e. The van der Waals surface area contributed by atoms with Crippen LogP contribution in [-0.4, -0.2) is 71.2 Å². The second kappa shape index (κ2) is 9.49. The molecule has 192 valence electrons. The summed E-state index contributed by atoms with van der Waals surface area (Å²) in [5, 5.41) is 22.1. The number of aromatic nitrogens is 2. The fourth-order valence-corrected chi connectivity index (χ4v) is 4.84. The SMILES string of the molecule is CC(C)(O)C(F)(F)c1cccc(CNc2cnnc3ccc(N4CCN5CCOCC5C4)cc23)c1F. The fourth-order valence-electron chi connectivity index (χ4n) is 4.84. The number of nitrogens with zero attached hydrogens (tertiary/aromatic N) is 4. The summed E-state index contributed by atoms with van der Waals surface area (Å²) in [6.45, 7) is 7.08. The van der Waals surface area contributed by atoms with Gasteiger partial charge in [-0.3, -0.25) is 4.90 Å². The van der Waals surface area contributed by atoms with E-state index in [1.165, 1.54) is 12.1 Å². The standard InChI is InChI=1S/C26H30F3N5O2/c1-25(2,35)26(28,29)21-5-3-4-17(24(21)27)13-30-23-14-31-32-22-7-6-18(12-20(22)23)34-9-8-33-10-11-36-16-19(33)15-34/h3-7,12,14,19,35H,8-11,13,15-16H2,1-2H3,(H,30,32). The van der Waals surface area contributed by atoms with E-state index in [4.69, 9.17) is 4.74 Å². The Morgan fingerprint density at radius 3 is 2.81 bits per heavy atom. The van der Waals surface area contributed by atoms with Crippen LogP contribution in [0.15, 0.2) is 42.6 Å². The molecule has 7 nitrogen and oxygen atoms in total. The molecule has 0 bridgehead atoms. The molecule has 1 aromatic heterocycles. The number of anilines is 2. The van der Waals surface area contributed by atoms with Gasteiger partial charge in [0.25, 0.3) is 0 Å². The van der Waals surface area contributed by atoms with Gasteiger partial charge >= 0.3 is 5.92 Å². The average molecular weight is 502 g/mol. The quantitative estimate of drug-likeness (QED) is 0.533. The first-order valence-corrected chi connectivity index (χ1v) is 12.1. The predicted molar refractivity (Wildman–Crippen MR) is 132 cm³/mol. The molecule has 0 radical (unpaired) electrons. The van der Waals surface area contributed by atoms with E-state index in [2.05, 4.69) is 25.3 Å². The molecule has 0 saturated carbocycles. The van der Waals surface area contributed by atoms with Gasteiger partial charge in [0.15, 0.2) is 0 Å². The molecule has 2 aliphatic rings. The maximum Gasteiger partial charge on any atom is 0.303 e. The van der Waals surface area contributed by atoms with Crippen molar-refractivity contribution in [2.75, 3.05) is 49.6 Å². The van der Waals surface area contributed by atoms with Gasteiger partial charge < -0.3 is 20.1 Å². The van der Waals surface area contributed by atoms with Crippen molar-refractivity contribution in [3.63, 3.8) is 0 Å². The molecule has 5 rings (SSSR count). The Hall–Kier alpha value is -2.95. The molecule has 2 fully saturated rings. The van der Waals surface area contributed by atoms with Crippen molar-refractivity contribution in [3.05, 3.63) is 59.5 Å². The lowest BCUT2D eigenvalue weighted by molar-refractivity contribution is -0.170. The number of hydrogen-bond donors (Lipinski definition) is 2. The summed E-state index contributed by atoms with van der Waals surface area (Å²) >= 11 is 0. The lowest BCUT2D eigenvalue weighted by atomic mass is 9.92. The molecule has 1 atom stereocenters. The zero-order chi connectivity index (χ0) is 25.5. The second-order valence-electron chi connectivity index (χ2n) is 9.94. The van der Waals surface area contributed by atoms with E-state index >= 15 is 4.39 Å². The Bertz CT molecular complexity index is 1250. The van der Waals surface area contributed by atoms with Gasteiger partial charge in [-0.1, -0.05) is 12.1 Å². The van der Waals surface area contributed by atoms with Gasteiger partial charge in [0.1, 0.15) is 11.4 Å². The Labute approximate surface area is 207 Å². The molecule has 3 aromatic rings. The van der Waals surface area contributed by atoms with Gasteiger partial charge in [-0.15, -0.1) is 0 Å². The highest BCUT2D eigenvalue weighted by Gasteiger charge is 2.49. The summed E-state index contributed by atoms with van der Waals surface area (Å²) < 4.78 is 50.0. The molecular formula is C26H30F3N5O2. The van der Waals surface area contributed by atoms with Crippen molar-refractivity contribution in [2.24, 2.45) is 0 Å². The third kappa shape index (κ3) is 4.60. The number of piperazine rings is 1. The third-order valence-electron chi connectivity index (χ3n) is 7.08. The normalized spacial score (nSPS) is 19.4. The first-order valence-electron chi connectivity index (χ1n) is 12.1. The minimum atomic E-state index is -3.75. The number of alkyl halides is 2. The van der Waals surface area contributed by atoms with E-state index in [0.29, 0.717) is 17.2 Å². The minimum Gasteiger partial charge on any atom is -0.384 e. The maximum absolute atomic E-state index is 15.1. The lowest BCUT2D eigenvalue weighted by Crippen LogP contribution is -2.58. The second-order valence-corrected chi connectivity index (χ2v) is 9.94. The summed E-state index contributed by atoms with van der Waals surface area (Å²) in [5.74, 6) is -4.79. The molecule has 2 aromatic carbocycles. The van der Waals surface area contributed by atoms with Gasteiger partial charge in [-0.2, -0.15) is 19.0 Å². The maximum atomic E-state index is 15.1. The Morgan fingerprint density at radius 1 is 1.17 bits per heavy atom. The number of ether oxygens (including phenoxy) is 1. The molecule has 2 N–H and O–H groups in total. The minimum absolute atomic E-state index is 0.0370. The first-order chi connectivity index (χ1) is 17.1. The number of aliphatic hydroxyl groups is 1. The van der Waals surface area contributed by atoms with Crippen LogP contribution in [-0.2, 0) is 17.2 Å². The van der Waals surface area contributed by atoms with E-state index in [0.717, 1.165) is 70.4 Å². The van der Waals surface area contributed by atoms with Crippen molar-refractivity contribution in [1.29, 1.82) is 0 Å². The zero-order valence-electron chi connectivity index (χ0n) is 20.3. The highest BCUT2D eigenvalue weighted by Crippen LogP contribution is 2.40. The number of nitrogens with one attached hydrogen (secondary N) is 1. The van der Waals surface area contributed by atoms with Crippen molar-refractivity contribution in [2.45, 2.75) is 38.0 Å². The summed E-state index contributed by atoms with van der Waals surface area (Å²) in [5.41, 5.74) is -0.837. The van der Waals surface area contributed by atoms with Gasteiger partial charge in [0.2, 0.25) is 0 Å². The molecule has 2 saturated heterocycles. The Morgan fingerprint density at radius 2 is 2.00 bits per heavy atom. The summed E-state index contributed by atoms with van der Waals surface area (Å²) in [7, 11) is 0. The van der Waals surface area contributed by atoms with Gasteiger partial charge in [0, 0.05) is 49.4 Å². The molecule has 10 heteroatoms. The van der Waals surface area contributed by atoms with Crippen LogP contribution >= 0.6 is 0 Å². The molecule has 1 unspecified atom stereocenters. The number of rotatable bonds is 6. The zero-order valence-corrected chi connectivity index (χ0v) is 20.3. The predicted octanol–water partition coefficient (Wildman–Crippen LogP) is 3.76. The molecule has 0 spiro atoms. The van der Waals surface area contributed by atoms with Crippen molar-refractivity contribution in [3.8, 4) is 0 Å². The van der Waals surface area contributed by atoms with Crippen LogP contribution in [0.25, 0.3) is 10.9 Å². The number of benzene rings is 2. The summed E-state index contributed by atoms with van der Waals surface area (Å²) in [4.78, 5) is 4.78. The van der Waals surface area contributed by atoms with Crippen LogP contribution in [0.3, 0.4) is 0 Å². The Balaban J connectivity index is 1.38. The van der Waals surface area contributed by atoms with Crippen LogP contribution in [0.4, 0.5) is 24.5 Å². The number of fused-ring (bicyclic) bond motifs is 2. The van der Waals surface area contributed by atoms with Gasteiger partial charge in [-0.25, -0.2) is 4.39 Å². The van der Waals surface area contributed by atoms with E-state index in [9.17, 15) is 13.9 Å². The lowest BCUT2D eigenvalue weighted by Gasteiger charge is -2.44. The van der Waals surface area contributed by atoms with Gasteiger partial charge in [-0.05, 0) is 38.1 Å². The average Bonchev–Trinajstić information content (AvgIpc) is 2.86. The van der Waals surface area contributed by atoms with E-state index in [-0.39, 0.29) is 12.1 Å². The molecule has 2 aliphatic heterocycles. The summed E-state index contributed by atoms with van der Waals surface area (Å²) in [6.07, 6.45) is 1.55. The molecule has 0 amide bonds. The van der Waals surface area contributed by atoms with E-state index < -0.39 is 22.9 Å². The van der Waals surface area contributed by atoms with Crippen LogP contribution in [0, 0.1) is 5.82 Å². The van der Waals surface area contributed by atoms with Crippen LogP contribution in [0.5, 0.6) is 0 Å². The topological polar surface area (TPSA) is 73.8 Å². The first kappa shape index (κ1) is 24.7. The van der Waals surface area contributed by atoms with Crippen LogP contribution in [0.1, 0.15) is 25.0 Å². The Kier molecular flexibility index (Phi) is 6.52. The van der Waals surface area contributed by atoms with Crippen LogP contribution in [0.2, 0.25) is 0 Å². The fraction of sp³-hybridized carbons (Fsp3) is 0.462. The molecular weight excluding hydrogens is 471 g/mol. The highest BCUT2D eigenvalue weighted by atomic mass is 19.3. The highest BCUT2D eigenvalue weighted by molar-refractivity contribution is 5.92. The summed E-state index contributed by atoms with van der Waals surface area (Å²) in [6, 6.07) is 10.1. The van der Waals surface area contributed by atoms with Gasteiger partial charge in [0.05, 0.1) is 42.2 Å². The number of morpholine rings is 1. The monoisotopic (exact) mass is 501 g/mol. The van der Waals surface area contributed by atoms with E-state index in [1.807, 2.05) is 18.2 Å². The molecule has 3 heterocycles. The van der Waals surface area contributed by atoms with Crippen molar-refractivity contribution < 1.29 is 23.0 Å². The van der Waals surface area contributed by atoms with Crippen molar-refractivity contribution >= 4 is 22.3 Å². The smallest absolute Gasteiger partial charge is 0.303 e. The van der Waals surface area contributed by atoms with E-state index in [1.54, 1.807) is 6.20 Å². The van der Waals surface area contributed by atoms with Crippen molar-refractivity contribution in [1.82, 2.24) is 15.1 Å². The number of hydrogen-bond acceptors (Lipinski definition) is 7. The molecule has 36 heavy (non-hydrogen) atoms. The third-order valence-corrected chi connectivity index (χ3v) is 7.08. The van der Waals surface area contributed by atoms with Crippen LogP contribution < -0.4 is 10.2 Å².